The molecule has 1 aromatic carbocycles. The first-order chi connectivity index (χ1) is 12.5. The molecule has 3 N–H and O–H groups in total. The zero-order valence-corrected chi connectivity index (χ0v) is 19.5. The Kier molecular flexibility index (Phi) is 10.9. The van der Waals surface area contributed by atoms with Crippen LogP contribution in [0.4, 0.5) is 0 Å². The molecule has 0 aliphatic carbocycles. The Morgan fingerprint density at radius 3 is 2.37 bits per heavy atom. The number of thiophene rings is 1. The molecule has 0 saturated heterocycles. The molecule has 2 rings (SSSR count). The van der Waals surface area contributed by atoms with Crippen molar-refractivity contribution in [2.45, 2.75) is 26.4 Å². The van der Waals surface area contributed by atoms with Gasteiger partial charge in [0.2, 0.25) is 10.0 Å². The van der Waals surface area contributed by atoms with Gasteiger partial charge in [-0.1, -0.05) is 37.3 Å². The summed E-state index contributed by atoms with van der Waals surface area (Å²) < 4.78 is 26.8. The first-order valence-corrected chi connectivity index (χ1v) is 11.0. The number of aryl methyl sites for hydroxylation is 1. The number of sulfonamides is 1. The van der Waals surface area contributed by atoms with Crippen LogP contribution in [0.15, 0.2) is 47.5 Å². The number of nitrogens with zero attached hydrogens (tertiary/aromatic N) is 1. The van der Waals surface area contributed by atoms with Gasteiger partial charge in [0.05, 0.1) is 12.3 Å². The third-order valence-corrected chi connectivity index (χ3v) is 6.28. The highest BCUT2D eigenvalue weighted by molar-refractivity contribution is 14.0. The van der Waals surface area contributed by atoms with Crippen LogP contribution in [0.3, 0.4) is 0 Å². The molecular formula is C18H27IN4O2S2. The molecule has 2 aromatic rings. The van der Waals surface area contributed by atoms with E-state index in [9.17, 15) is 8.42 Å². The molecule has 1 heterocycles. The van der Waals surface area contributed by atoms with Gasteiger partial charge in [-0.3, -0.25) is 4.99 Å². The molecule has 9 heteroatoms. The number of hydrogen-bond donors (Lipinski definition) is 3. The van der Waals surface area contributed by atoms with Crippen molar-refractivity contribution in [3.05, 3.63) is 57.8 Å². The number of nitrogens with one attached hydrogen (secondary N) is 3. The number of halogens is 1. The van der Waals surface area contributed by atoms with Crippen LogP contribution >= 0.6 is 35.3 Å². The van der Waals surface area contributed by atoms with Crippen LogP contribution in [0.2, 0.25) is 0 Å². The number of guanidine groups is 1. The second kappa shape index (κ2) is 12.3. The number of benzene rings is 1. The van der Waals surface area contributed by atoms with E-state index in [0.717, 1.165) is 12.0 Å². The van der Waals surface area contributed by atoms with Crippen molar-refractivity contribution in [2.24, 2.45) is 4.99 Å². The third kappa shape index (κ3) is 9.04. The van der Waals surface area contributed by atoms with Crippen LogP contribution < -0.4 is 15.4 Å². The lowest BCUT2D eigenvalue weighted by Gasteiger charge is -2.12. The molecule has 0 spiro atoms. The third-order valence-electron chi connectivity index (χ3n) is 3.72. The van der Waals surface area contributed by atoms with Gasteiger partial charge in [0.15, 0.2) is 5.96 Å². The fourth-order valence-corrected chi connectivity index (χ4v) is 4.06. The van der Waals surface area contributed by atoms with Gasteiger partial charge in [-0.2, -0.15) is 0 Å². The van der Waals surface area contributed by atoms with E-state index in [2.05, 4.69) is 39.4 Å². The Balaban J connectivity index is 0.00000364. The molecular weight excluding hydrogens is 495 g/mol. The topological polar surface area (TPSA) is 82.6 Å². The molecule has 150 valence electrons. The molecule has 6 nitrogen and oxygen atoms in total. The summed E-state index contributed by atoms with van der Waals surface area (Å²) in [5.41, 5.74) is 0.934. The Bertz CT molecular complexity index is 808. The van der Waals surface area contributed by atoms with Gasteiger partial charge in [-0.25, -0.2) is 13.1 Å². The average molecular weight is 522 g/mol. The lowest BCUT2D eigenvalue weighted by molar-refractivity contribution is 0.580. The number of aliphatic imine (C=N–C) groups is 1. The first kappa shape index (κ1) is 23.9. The summed E-state index contributed by atoms with van der Waals surface area (Å²) in [4.78, 5) is 6.70. The maximum atomic E-state index is 12.1. The minimum atomic E-state index is -3.34. The van der Waals surface area contributed by atoms with Crippen molar-refractivity contribution in [3.8, 4) is 0 Å². The van der Waals surface area contributed by atoms with Gasteiger partial charge in [-0.15, -0.1) is 35.3 Å². The van der Waals surface area contributed by atoms with E-state index in [1.807, 2.05) is 30.3 Å². The molecule has 27 heavy (non-hydrogen) atoms. The molecule has 0 unspecified atom stereocenters. The molecule has 0 atom stereocenters. The average Bonchev–Trinajstić information content (AvgIpc) is 3.12. The quantitative estimate of drug-likeness (QED) is 0.269. The molecule has 0 amide bonds. The van der Waals surface area contributed by atoms with Crippen molar-refractivity contribution < 1.29 is 8.42 Å². The van der Waals surface area contributed by atoms with Crippen molar-refractivity contribution in [1.82, 2.24) is 15.4 Å². The Labute approximate surface area is 182 Å². The van der Waals surface area contributed by atoms with Gasteiger partial charge in [-0.05, 0) is 24.1 Å². The summed E-state index contributed by atoms with van der Waals surface area (Å²) in [6.07, 6.45) is 1.03. The van der Waals surface area contributed by atoms with E-state index >= 15 is 0 Å². The van der Waals surface area contributed by atoms with Crippen molar-refractivity contribution in [3.63, 3.8) is 0 Å². The largest absolute Gasteiger partial charge is 0.355 e. The summed E-state index contributed by atoms with van der Waals surface area (Å²) in [5, 5.41) is 6.24. The smallest absolute Gasteiger partial charge is 0.213 e. The molecule has 0 aliphatic heterocycles. The van der Waals surface area contributed by atoms with Crippen molar-refractivity contribution in [2.75, 3.05) is 19.3 Å². The summed E-state index contributed by atoms with van der Waals surface area (Å²) in [7, 11) is -1.67. The Morgan fingerprint density at radius 1 is 1.04 bits per heavy atom. The summed E-state index contributed by atoms with van der Waals surface area (Å²) in [6.45, 7) is 3.39. The summed E-state index contributed by atoms with van der Waals surface area (Å²) in [6, 6.07) is 13.7. The van der Waals surface area contributed by atoms with Crippen LogP contribution in [-0.2, 0) is 29.5 Å². The predicted molar refractivity (Wildman–Crippen MR) is 124 cm³/mol. The molecule has 0 fully saturated rings. The highest BCUT2D eigenvalue weighted by Gasteiger charge is 2.10. The summed E-state index contributed by atoms with van der Waals surface area (Å²) >= 11 is 1.77. The van der Waals surface area contributed by atoms with Gasteiger partial charge in [0.1, 0.15) is 0 Å². The number of hydrogen-bond acceptors (Lipinski definition) is 4. The molecule has 0 aliphatic rings. The monoisotopic (exact) mass is 522 g/mol. The maximum absolute atomic E-state index is 12.1. The van der Waals surface area contributed by atoms with Crippen LogP contribution in [0, 0.1) is 0 Å². The highest BCUT2D eigenvalue weighted by atomic mass is 127. The van der Waals surface area contributed by atoms with Crippen LogP contribution in [-0.4, -0.2) is 33.7 Å². The summed E-state index contributed by atoms with van der Waals surface area (Å²) in [5.74, 6) is 0.578. The van der Waals surface area contributed by atoms with E-state index < -0.39 is 10.0 Å². The van der Waals surface area contributed by atoms with Crippen LogP contribution in [0.5, 0.6) is 0 Å². The lowest BCUT2D eigenvalue weighted by Crippen LogP contribution is -2.40. The SMILES string of the molecule is CCc1ccc(CNC(=NC)NCCS(=O)(=O)NCc2ccccc2)s1.I. The van der Waals surface area contributed by atoms with Gasteiger partial charge in [0.25, 0.3) is 0 Å². The minimum Gasteiger partial charge on any atom is -0.355 e. The predicted octanol–water partition coefficient (Wildman–Crippen LogP) is 2.71. The zero-order valence-electron chi connectivity index (χ0n) is 15.6. The fourth-order valence-electron chi connectivity index (χ4n) is 2.26. The van der Waals surface area contributed by atoms with E-state index in [4.69, 9.17) is 0 Å². The van der Waals surface area contributed by atoms with Crippen LogP contribution in [0.25, 0.3) is 0 Å². The van der Waals surface area contributed by atoms with Crippen molar-refractivity contribution >= 4 is 51.3 Å². The molecule has 0 bridgehead atoms. The lowest BCUT2D eigenvalue weighted by atomic mass is 10.2. The van der Waals surface area contributed by atoms with Gasteiger partial charge in [0, 0.05) is 29.9 Å². The van der Waals surface area contributed by atoms with E-state index in [1.54, 1.807) is 18.4 Å². The van der Waals surface area contributed by atoms with Gasteiger partial charge < -0.3 is 10.6 Å². The second-order valence-corrected chi connectivity index (χ2v) is 8.88. The van der Waals surface area contributed by atoms with Gasteiger partial charge >= 0.3 is 0 Å². The van der Waals surface area contributed by atoms with Crippen molar-refractivity contribution in [1.29, 1.82) is 0 Å². The Hall–Kier alpha value is -1.17. The maximum Gasteiger partial charge on any atom is 0.213 e. The molecule has 0 radical (unpaired) electrons. The standard InChI is InChI=1S/C18H26N4O2S2.HI/c1-3-16-9-10-17(25-16)14-21-18(19-2)20-11-12-26(23,24)22-13-15-7-5-4-6-8-15;/h4-10,22H,3,11-14H2,1-2H3,(H2,19,20,21);1H. The zero-order chi connectivity index (χ0) is 18.8. The number of rotatable bonds is 9. The van der Waals surface area contributed by atoms with E-state index in [0.29, 0.717) is 19.0 Å². The normalized spacial score (nSPS) is 11.7. The molecule has 1 aromatic heterocycles. The first-order valence-electron chi connectivity index (χ1n) is 8.55. The Morgan fingerprint density at radius 2 is 1.74 bits per heavy atom. The van der Waals surface area contributed by atoms with E-state index in [-0.39, 0.29) is 36.3 Å². The van der Waals surface area contributed by atoms with E-state index in [1.165, 1.54) is 9.75 Å². The van der Waals surface area contributed by atoms with Crippen LogP contribution in [0.1, 0.15) is 22.2 Å². The second-order valence-electron chi connectivity index (χ2n) is 5.70. The molecule has 0 saturated carbocycles. The highest BCUT2D eigenvalue weighted by Crippen LogP contribution is 2.16. The fraction of sp³-hybridized carbons (Fsp3) is 0.389. The minimum absolute atomic E-state index is 0.